The monoisotopic (exact) mass is 443 g/mol. The van der Waals surface area contributed by atoms with Crippen LogP contribution in [0, 0.1) is 13.8 Å². The van der Waals surface area contributed by atoms with Crippen molar-refractivity contribution in [1.82, 2.24) is 4.98 Å². The fraction of sp³-hybridized carbons (Fsp3) is 0.292. The van der Waals surface area contributed by atoms with Crippen LogP contribution in [-0.4, -0.2) is 4.98 Å². The van der Waals surface area contributed by atoms with Gasteiger partial charge in [0.15, 0.2) is 0 Å². The molecule has 0 saturated heterocycles. The third kappa shape index (κ3) is 4.37. The number of aryl methyl sites for hydroxylation is 1. The SMILES string of the molecule is Cc1ccc2c(c1C)N(Sc1ccc(C(C)C)cc1)Cc1ccc(C(F)(F)F)nc1N2. The lowest BCUT2D eigenvalue weighted by Crippen LogP contribution is -2.15. The van der Waals surface area contributed by atoms with Gasteiger partial charge in [0.2, 0.25) is 0 Å². The predicted molar refractivity (Wildman–Crippen MR) is 121 cm³/mol. The molecule has 2 aromatic carbocycles. The normalized spacial score (nSPS) is 13.5. The molecule has 0 amide bonds. The number of alkyl halides is 3. The summed E-state index contributed by atoms with van der Waals surface area (Å²) in [5.74, 6) is 0.699. The Balaban J connectivity index is 1.77. The molecule has 0 saturated carbocycles. The number of aromatic nitrogens is 1. The summed E-state index contributed by atoms with van der Waals surface area (Å²) < 4.78 is 41.8. The van der Waals surface area contributed by atoms with Crippen molar-refractivity contribution in [2.45, 2.75) is 51.2 Å². The summed E-state index contributed by atoms with van der Waals surface area (Å²) in [5, 5.41) is 3.16. The summed E-state index contributed by atoms with van der Waals surface area (Å²) in [4.78, 5) is 4.97. The molecule has 0 bridgehead atoms. The van der Waals surface area contributed by atoms with Crippen molar-refractivity contribution in [2.75, 3.05) is 9.62 Å². The molecule has 0 atom stereocenters. The fourth-order valence-electron chi connectivity index (χ4n) is 3.59. The van der Waals surface area contributed by atoms with Crippen LogP contribution in [0.1, 0.15) is 47.7 Å². The van der Waals surface area contributed by atoms with E-state index in [1.54, 1.807) is 11.9 Å². The Hall–Kier alpha value is -2.67. The van der Waals surface area contributed by atoms with Gasteiger partial charge in [0, 0.05) is 10.5 Å². The Bertz CT molecular complexity index is 1110. The van der Waals surface area contributed by atoms with E-state index in [1.165, 1.54) is 11.6 Å². The highest BCUT2D eigenvalue weighted by Crippen LogP contribution is 2.44. The molecular formula is C24H24F3N3S. The smallest absolute Gasteiger partial charge is 0.338 e. The molecule has 3 aromatic rings. The van der Waals surface area contributed by atoms with Crippen molar-refractivity contribution >= 4 is 29.1 Å². The van der Waals surface area contributed by atoms with Crippen molar-refractivity contribution in [2.24, 2.45) is 0 Å². The fourth-order valence-corrected chi connectivity index (χ4v) is 4.63. The molecule has 1 aromatic heterocycles. The Labute approximate surface area is 184 Å². The lowest BCUT2D eigenvalue weighted by molar-refractivity contribution is -0.141. The standard InChI is InChI=1S/C24H24F3N3S/c1-14(2)17-6-9-19(10-7-17)31-30-13-18-8-12-21(24(25,26)27)29-23(18)28-20-11-5-15(3)16(4)22(20)30/h5-12,14H,13H2,1-4H3,(H,28,29). The van der Waals surface area contributed by atoms with Crippen LogP contribution >= 0.6 is 11.9 Å². The number of benzene rings is 2. The van der Waals surface area contributed by atoms with E-state index in [9.17, 15) is 13.2 Å². The van der Waals surface area contributed by atoms with E-state index < -0.39 is 11.9 Å². The van der Waals surface area contributed by atoms with Crippen molar-refractivity contribution in [1.29, 1.82) is 0 Å². The van der Waals surface area contributed by atoms with E-state index in [0.717, 1.165) is 33.5 Å². The van der Waals surface area contributed by atoms with Crippen LogP contribution in [0.4, 0.5) is 30.4 Å². The first-order valence-corrected chi connectivity index (χ1v) is 10.9. The van der Waals surface area contributed by atoms with Crippen LogP contribution in [0.15, 0.2) is 53.4 Å². The van der Waals surface area contributed by atoms with Gasteiger partial charge in [-0.05, 0) is 72.7 Å². The molecule has 2 heterocycles. The number of nitrogens with zero attached hydrogens (tertiary/aromatic N) is 2. The lowest BCUT2D eigenvalue weighted by Gasteiger charge is -2.26. The van der Waals surface area contributed by atoms with Gasteiger partial charge in [0.25, 0.3) is 0 Å². The van der Waals surface area contributed by atoms with Crippen molar-refractivity contribution in [3.05, 3.63) is 76.5 Å². The zero-order valence-corrected chi connectivity index (χ0v) is 18.7. The van der Waals surface area contributed by atoms with Gasteiger partial charge in [0.05, 0.1) is 17.9 Å². The number of halogens is 3. The highest BCUT2D eigenvalue weighted by Gasteiger charge is 2.34. The molecule has 1 N–H and O–H groups in total. The molecule has 1 aliphatic heterocycles. The maximum Gasteiger partial charge on any atom is 0.433 e. The number of nitrogens with one attached hydrogen (secondary N) is 1. The maximum atomic E-state index is 13.2. The number of rotatable bonds is 3. The van der Waals surface area contributed by atoms with E-state index in [-0.39, 0.29) is 5.82 Å². The first-order valence-electron chi connectivity index (χ1n) is 10.1. The molecule has 0 unspecified atom stereocenters. The van der Waals surface area contributed by atoms with Gasteiger partial charge in [-0.1, -0.05) is 38.1 Å². The molecule has 0 spiro atoms. The lowest BCUT2D eigenvalue weighted by atomic mass is 10.0. The third-order valence-electron chi connectivity index (χ3n) is 5.55. The minimum atomic E-state index is -4.48. The van der Waals surface area contributed by atoms with E-state index in [2.05, 4.69) is 52.7 Å². The van der Waals surface area contributed by atoms with E-state index in [1.807, 2.05) is 26.0 Å². The minimum absolute atomic E-state index is 0.248. The van der Waals surface area contributed by atoms with Gasteiger partial charge in [-0.15, -0.1) is 0 Å². The Morgan fingerprint density at radius 2 is 1.71 bits per heavy atom. The van der Waals surface area contributed by atoms with Crippen molar-refractivity contribution in [3.63, 3.8) is 0 Å². The second-order valence-corrected chi connectivity index (χ2v) is 9.18. The van der Waals surface area contributed by atoms with Gasteiger partial charge in [0.1, 0.15) is 11.5 Å². The summed E-state index contributed by atoms with van der Waals surface area (Å²) in [7, 11) is 0. The molecule has 1 aliphatic rings. The summed E-state index contributed by atoms with van der Waals surface area (Å²) in [6.45, 7) is 8.82. The van der Waals surface area contributed by atoms with Gasteiger partial charge in [-0.3, -0.25) is 0 Å². The number of pyridine rings is 1. The molecule has 7 heteroatoms. The van der Waals surface area contributed by atoms with Gasteiger partial charge < -0.3 is 9.62 Å². The van der Waals surface area contributed by atoms with Crippen LogP contribution < -0.4 is 9.62 Å². The molecule has 4 rings (SSSR count). The van der Waals surface area contributed by atoms with E-state index >= 15 is 0 Å². The number of fused-ring (bicyclic) bond motifs is 2. The van der Waals surface area contributed by atoms with Crippen LogP contribution in [0.2, 0.25) is 0 Å². The van der Waals surface area contributed by atoms with Gasteiger partial charge in [-0.2, -0.15) is 13.2 Å². The molecular weight excluding hydrogens is 419 g/mol. The Kier molecular flexibility index (Phi) is 5.64. The average molecular weight is 444 g/mol. The molecule has 3 nitrogen and oxygen atoms in total. The van der Waals surface area contributed by atoms with Crippen LogP contribution in [0.3, 0.4) is 0 Å². The average Bonchev–Trinajstić information content (AvgIpc) is 2.86. The second kappa shape index (κ2) is 8.11. The number of hydrogen-bond donors (Lipinski definition) is 1. The highest BCUT2D eigenvalue weighted by atomic mass is 32.2. The van der Waals surface area contributed by atoms with Crippen LogP contribution in [0.5, 0.6) is 0 Å². The van der Waals surface area contributed by atoms with Crippen molar-refractivity contribution < 1.29 is 13.2 Å². The summed E-state index contributed by atoms with van der Waals surface area (Å²) in [5.41, 5.74) is 5.01. The minimum Gasteiger partial charge on any atom is -0.338 e. The van der Waals surface area contributed by atoms with Gasteiger partial charge in [-0.25, -0.2) is 4.98 Å². The Morgan fingerprint density at radius 3 is 2.35 bits per heavy atom. The zero-order valence-electron chi connectivity index (χ0n) is 17.8. The Morgan fingerprint density at radius 1 is 1.00 bits per heavy atom. The quantitative estimate of drug-likeness (QED) is 0.422. The topological polar surface area (TPSA) is 28.2 Å². The first-order chi connectivity index (χ1) is 14.6. The third-order valence-corrected chi connectivity index (χ3v) is 6.56. The maximum absolute atomic E-state index is 13.2. The molecule has 162 valence electrons. The molecule has 0 fully saturated rings. The molecule has 0 aliphatic carbocycles. The van der Waals surface area contributed by atoms with Gasteiger partial charge >= 0.3 is 6.18 Å². The first kappa shape index (κ1) is 21.6. The van der Waals surface area contributed by atoms with Crippen LogP contribution in [-0.2, 0) is 12.7 Å². The summed E-state index contributed by atoms with van der Waals surface area (Å²) in [6, 6.07) is 14.9. The van der Waals surface area contributed by atoms with Crippen LogP contribution in [0.25, 0.3) is 0 Å². The number of anilines is 3. The highest BCUT2D eigenvalue weighted by molar-refractivity contribution is 8.00. The summed E-state index contributed by atoms with van der Waals surface area (Å²) in [6.07, 6.45) is -4.48. The summed E-state index contributed by atoms with van der Waals surface area (Å²) >= 11 is 1.58. The molecule has 31 heavy (non-hydrogen) atoms. The zero-order chi connectivity index (χ0) is 22.3. The number of hydrogen-bond acceptors (Lipinski definition) is 4. The van der Waals surface area contributed by atoms with E-state index in [0.29, 0.717) is 18.0 Å². The van der Waals surface area contributed by atoms with E-state index in [4.69, 9.17) is 0 Å². The molecule has 0 radical (unpaired) electrons. The predicted octanol–water partition coefficient (Wildman–Crippen LogP) is 7.61. The van der Waals surface area contributed by atoms with Crippen molar-refractivity contribution in [3.8, 4) is 0 Å². The second-order valence-electron chi connectivity index (χ2n) is 8.08. The largest absolute Gasteiger partial charge is 0.433 e.